The summed E-state index contributed by atoms with van der Waals surface area (Å²) < 4.78 is 0.815. The maximum atomic E-state index is 11.4. The van der Waals surface area contributed by atoms with Gasteiger partial charge >= 0.3 is 0 Å². The molecule has 70 valence electrons. The van der Waals surface area contributed by atoms with E-state index in [-0.39, 0.29) is 5.78 Å². The highest BCUT2D eigenvalue weighted by Crippen LogP contribution is 2.23. The zero-order chi connectivity index (χ0) is 9.84. The van der Waals surface area contributed by atoms with Crippen molar-refractivity contribution in [1.82, 2.24) is 0 Å². The number of halogens is 2. The van der Waals surface area contributed by atoms with Crippen LogP contribution in [0, 0.1) is 0 Å². The molecule has 1 rings (SSSR count). The van der Waals surface area contributed by atoms with E-state index in [0.717, 1.165) is 4.47 Å². The lowest BCUT2D eigenvalue weighted by atomic mass is 10.1. The van der Waals surface area contributed by atoms with Gasteiger partial charge in [-0.05, 0) is 34.3 Å². The topological polar surface area (TPSA) is 17.1 Å². The Bertz CT molecular complexity index is 327. The smallest absolute Gasteiger partial charge is 0.172 e. The van der Waals surface area contributed by atoms with Crippen LogP contribution in [0.25, 0.3) is 0 Å². The maximum absolute atomic E-state index is 11.4. The summed E-state index contributed by atoms with van der Waals surface area (Å²) in [5.74, 6) is 0.611. The zero-order valence-electron chi connectivity index (χ0n) is 7.01. The van der Waals surface area contributed by atoms with Gasteiger partial charge in [0.25, 0.3) is 0 Å². The van der Waals surface area contributed by atoms with E-state index >= 15 is 0 Å². The van der Waals surface area contributed by atoms with Crippen LogP contribution >= 0.6 is 39.3 Å². The Morgan fingerprint density at radius 2 is 2.31 bits per heavy atom. The van der Waals surface area contributed by atoms with Crippen molar-refractivity contribution in [3.8, 4) is 0 Å². The SMILES string of the molecule is CSCC(=O)c1ccc(Br)c(Cl)c1. The lowest BCUT2D eigenvalue weighted by molar-refractivity contribution is 0.102. The summed E-state index contributed by atoms with van der Waals surface area (Å²) in [5.41, 5.74) is 0.669. The Morgan fingerprint density at radius 3 is 2.85 bits per heavy atom. The van der Waals surface area contributed by atoms with Crippen LogP contribution in [0.3, 0.4) is 0 Å². The first kappa shape index (κ1) is 11.1. The van der Waals surface area contributed by atoms with Gasteiger partial charge in [-0.25, -0.2) is 0 Å². The van der Waals surface area contributed by atoms with Gasteiger partial charge in [-0.3, -0.25) is 4.79 Å². The fourth-order valence-electron chi connectivity index (χ4n) is 0.884. The molecule has 0 saturated heterocycles. The first-order chi connectivity index (χ1) is 6.15. The Balaban J connectivity index is 2.90. The van der Waals surface area contributed by atoms with E-state index in [1.807, 2.05) is 6.26 Å². The lowest BCUT2D eigenvalue weighted by Crippen LogP contribution is -2.01. The first-order valence-corrected chi connectivity index (χ1v) is 6.19. The van der Waals surface area contributed by atoms with E-state index < -0.39 is 0 Å². The molecule has 0 unspecified atom stereocenters. The molecular formula is C9H8BrClOS. The van der Waals surface area contributed by atoms with Crippen molar-refractivity contribution in [2.45, 2.75) is 0 Å². The number of Topliss-reactive ketones (excluding diaryl/α,β-unsaturated/α-hetero) is 1. The van der Waals surface area contributed by atoms with Crippen molar-refractivity contribution in [3.05, 3.63) is 33.3 Å². The fourth-order valence-corrected chi connectivity index (χ4v) is 1.74. The summed E-state index contributed by atoms with van der Waals surface area (Å²) in [5, 5.41) is 0.576. The Kier molecular flexibility index (Phi) is 4.29. The summed E-state index contributed by atoms with van der Waals surface area (Å²) >= 11 is 10.6. The average Bonchev–Trinajstić information content (AvgIpc) is 2.10. The van der Waals surface area contributed by atoms with Crippen LogP contribution in [0.4, 0.5) is 0 Å². The van der Waals surface area contributed by atoms with Crippen LogP contribution in [0.15, 0.2) is 22.7 Å². The van der Waals surface area contributed by atoms with Gasteiger partial charge in [0.15, 0.2) is 5.78 Å². The van der Waals surface area contributed by atoms with Gasteiger partial charge in [-0.1, -0.05) is 17.7 Å². The van der Waals surface area contributed by atoms with E-state index in [2.05, 4.69) is 15.9 Å². The van der Waals surface area contributed by atoms with Crippen LogP contribution < -0.4 is 0 Å². The van der Waals surface area contributed by atoms with Gasteiger partial charge in [0, 0.05) is 10.0 Å². The zero-order valence-corrected chi connectivity index (χ0v) is 10.2. The molecule has 0 spiro atoms. The molecule has 4 heteroatoms. The van der Waals surface area contributed by atoms with Gasteiger partial charge in [0.2, 0.25) is 0 Å². The van der Waals surface area contributed by atoms with Crippen LogP contribution in [-0.4, -0.2) is 17.8 Å². The highest BCUT2D eigenvalue weighted by atomic mass is 79.9. The molecule has 0 N–H and O–H groups in total. The highest BCUT2D eigenvalue weighted by molar-refractivity contribution is 9.10. The number of hydrogen-bond acceptors (Lipinski definition) is 2. The fraction of sp³-hybridized carbons (Fsp3) is 0.222. The Hall–Kier alpha value is 0.01000. The minimum absolute atomic E-state index is 0.113. The number of thioether (sulfide) groups is 1. The number of hydrogen-bond donors (Lipinski definition) is 0. The monoisotopic (exact) mass is 278 g/mol. The quantitative estimate of drug-likeness (QED) is 0.786. The molecule has 0 atom stereocenters. The lowest BCUT2D eigenvalue weighted by Gasteiger charge is -2.00. The molecule has 0 amide bonds. The predicted octanol–water partition coefficient (Wildman–Crippen LogP) is 3.65. The van der Waals surface area contributed by atoms with E-state index in [1.165, 1.54) is 11.8 Å². The third kappa shape index (κ3) is 3.01. The Morgan fingerprint density at radius 1 is 1.62 bits per heavy atom. The minimum Gasteiger partial charge on any atom is -0.293 e. The van der Waals surface area contributed by atoms with Crippen molar-refractivity contribution in [3.63, 3.8) is 0 Å². The van der Waals surface area contributed by atoms with Crippen LogP contribution in [0.2, 0.25) is 5.02 Å². The molecule has 0 bridgehead atoms. The molecule has 0 fully saturated rings. The molecule has 0 aliphatic carbocycles. The van der Waals surface area contributed by atoms with Crippen molar-refractivity contribution >= 4 is 45.1 Å². The third-order valence-corrected chi connectivity index (χ3v) is 3.30. The van der Waals surface area contributed by atoms with Gasteiger partial charge < -0.3 is 0 Å². The second-order valence-corrected chi connectivity index (χ2v) is 4.61. The molecule has 0 aliphatic rings. The maximum Gasteiger partial charge on any atom is 0.172 e. The molecule has 1 aromatic rings. The standard InChI is InChI=1S/C9H8BrClOS/c1-13-5-9(12)6-2-3-7(10)8(11)4-6/h2-4H,5H2,1H3. The minimum atomic E-state index is 0.113. The second kappa shape index (κ2) is 5.03. The number of carbonyl (C=O) groups excluding carboxylic acids is 1. The van der Waals surface area contributed by atoms with Gasteiger partial charge in [-0.2, -0.15) is 11.8 Å². The molecule has 13 heavy (non-hydrogen) atoms. The Labute approximate surface area is 95.0 Å². The number of ketones is 1. The van der Waals surface area contributed by atoms with E-state index in [1.54, 1.807) is 18.2 Å². The van der Waals surface area contributed by atoms with Crippen LogP contribution in [0.1, 0.15) is 10.4 Å². The number of benzene rings is 1. The molecule has 1 nitrogen and oxygen atoms in total. The largest absolute Gasteiger partial charge is 0.293 e. The molecular weight excluding hydrogens is 272 g/mol. The molecule has 0 saturated carbocycles. The molecule has 1 aromatic carbocycles. The number of carbonyl (C=O) groups is 1. The van der Waals surface area contributed by atoms with Crippen molar-refractivity contribution in [1.29, 1.82) is 0 Å². The van der Waals surface area contributed by atoms with Gasteiger partial charge in [0.1, 0.15) is 0 Å². The van der Waals surface area contributed by atoms with Crippen molar-refractivity contribution in [2.24, 2.45) is 0 Å². The summed E-state index contributed by atoms with van der Waals surface area (Å²) in [7, 11) is 0. The summed E-state index contributed by atoms with van der Waals surface area (Å²) in [6.45, 7) is 0. The van der Waals surface area contributed by atoms with Crippen molar-refractivity contribution < 1.29 is 4.79 Å². The van der Waals surface area contributed by atoms with Crippen LogP contribution in [-0.2, 0) is 0 Å². The molecule has 0 aromatic heterocycles. The van der Waals surface area contributed by atoms with Gasteiger partial charge in [-0.15, -0.1) is 0 Å². The normalized spacial score (nSPS) is 10.1. The summed E-state index contributed by atoms with van der Waals surface area (Å²) in [4.78, 5) is 11.4. The molecule has 0 radical (unpaired) electrons. The third-order valence-electron chi connectivity index (χ3n) is 1.52. The van der Waals surface area contributed by atoms with Gasteiger partial charge in [0.05, 0.1) is 10.8 Å². The van der Waals surface area contributed by atoms with E-state index in [9.17, 15) is 4.79 Å². The van der Waals surface area contributed by atoms with E-state index in [0.29, 0.717) is 16.3 Å². The highest BCUT2D eigenvalue weighted by Gasteiger charge is 2.06. The molecule has 0 heterocycles. The van der Waals surface area contributed by atoms with E-state index in [4.69, 9.17) is 11.6 Å². The number of rotatable bonds is 3. The van der Waals surface area contributed by atoms with Crippen LogP contribution in [0.5, 0.6) is 0 Å². The summed E-state index contributed by atoms with van der Waals surface area (Å²) in [6, 6.07) is 5.24. The molecule has 0 aliphatic heterocycles. The average molecular weight is 280 g/mol. The predicted molar refractivity (Wildman–Crippen MR) is 61.9 cm³/mol. The van der Waals surface area contributed by atoms with Crippen molar-refractivity contribution in [2.75, 3.05) is 12.0 Å². The summed E-state index contributed by atoms with van der Waals surface area (Å²) in [6.07, 6.45) is 1.90. The first-order valence-electron chi connectivity index (χ1n) is 3.62. The second-order valence-electron chi connectivity index (χ2n) is 2.49.